The molecule has 2 aromatic heterocycles. The van der Waals surface area contributed by atoms with Crippen LogP contribution >= 0.6 is 11.6 Å². The van der Waals surface area contributed by atoms with Crippen molar-refractivity contribution in [1.82, 2.24) is 19.6 Å². The molecule has 3 rings (SSSR count). The van der Waals surface area contributed by atoms with E-state index in [2.05, 4.69) is 20.1 Å². The zero-order valence-corrected chi connectivity index (χ0v) is 11.5. The first-order chi connectivity index (χ1) is 9.20. The molecule has 2 aromatic rings. The van der Waals surface area contributed by atoms with Crippen LogP contribution in [0.15, 0.2) is 10.9 Å². The second kappa shape index (κ2) is 4.85. The first kappa shape index (κ1) is 12.5. The molecule has 1 N–H and O–H groups in total. The number of nitrogens with zero attached hydrogens (tertiary/aromatic N) is 4. The van der Waals surface area contributed by atoms with E-state index in [1.807, 2.05) is 13.0 Å². The van der Waals surface area contributed by atoms with Crippen LogP contribution in [0.1, 0.15) is 25.1 Å². The largest absolute Gasteiger partial charge is 0.352 e. The molecule has 19 heavy (non-hydrogen) atoms. The van der Waals surface area contributed by atoms with E-state index in [4.69, 9.17) is 11.6 Å². The van der Waals surface area contributed by atoms with E-state index in [1.165, 1.54) is 10.8 Å². The van der Waals surface area contributed by atoms with Gasteiger partial charge in [0.15, 0.2) is 5.65 Å². The minimum atomic E-state index is -0.251. The lowest BCUT2D eigenvalue weighted by Gasteiger charge is -2.35. The fraction of sp³-hybridized carbons (Fsp3) is 0.583. The Bertz CT molecular complexity index is 649. The lowest BCUT2D eigenvalue weighted by molar-refractivity contribution is 0.484. The minimum absolute atomic E-state index is 0.251. The number of aryl methyl sites for hydroxylation is 1. The number of piperidine rings is 1. The average molecular weight is 282 g/mol. The normalized spacial score (nSPS) is 20.1. The van der Waals surface area contributed by atoms with E-state index in [9.17, 15) is 4.79 Å². The van der Waals surface area contributed by atoms with Gasteiger partial charge in [-0.2, -0.15) is 5.10 Å². The highest BCUT2D eigenvalue weighted by Crippen LogP contribution is 2.24. The van der Waals surface area contributed by atoms with Gasteiger partial charge in [0.1, 0.15) is 11.6 Å². The number of aromatic nitrogens is 4. The van der Waals surface area contributed by atoms with Crippen molar-refractivity contribution >= 4 is 23.1 Å². The molecule has 3 heterocycles. The SMILES string of the molecule is Cc1nc(N2CCCCC2CCl)cc2n[nH]c(=O)n12. The Kier molecular flexibility index (Phi) is 3.18. The highest BCUT2D eigenvalue weighted by atomic mass is 35.5. The van der Waals surface area contributed by atoms with Gasteiger partial charge in [-0.1, -0.05) is 0 Å². The van der Waals surface area contributed by atoms with Crippen LogP contribution in [0.4, 0.5) is 5.82 Å². The molecule has 1 aliphatic rings. The minimum Gasteiger partial charge on any atom is -0.352 e. The highest BCUT2D eigenvalue weighted by molar-refractivity contribution is 6.18. The Morgan fingerprint density at radius 2 is 2.37 bits per heavy atom. The number of H-pyrrole nitrogens is 1. The summed E-state index contributed by atoms with van der Waals surface area (Å²) in [5, 5.41) is 6.46. The van der Waals surface area contributed by atoms with E-state index in [-0.39, 0.29) is 5.69 Å². The van der Waals surface area contributed by atoms with Crippen LogP contribution in [0.3, 0.4) is 0 Å². The molecule has 0 saturated carbocycles. The van der Waals surface area contributed by atoms with Crippen molar-refractivity contribution in [1.29, 1.82) is 0 Å². The highest BCUT2D eigenvalue weighted by Gasteiger charge is 2.23. The van der Waals surface area contributed by atoms with E-state index in [0.717, 1.165) is 25.2 Å². The van der Waals surface area contributed by atoms with Crippen molar-refractivity contribution in [3.05, 3.63) is 22.4 Å². The molecule has 0 amide bonds. The van der Waals surface area contributed by atoms with Gasteiger partial charge in [0.05, 0.1) is 0 Å². The van der Waals surface area contributed by atoms with Gasteiger partial charge in [-0.05, 0) is 26.2 Å². The topological polar surface area (TPSA) is 66.3 Å². The van der Waals surface area contributed by atoms with Gasteiger partial charge < -0.3 is 4.90 Å². The summed E-state index contributed by atoms with van der Waals surface area (Å²) in [4.78, 5) is 18.3. The van der Waals surface area contributed by atoms with Crippen LogP contribution in [-0.4, -0.2) is 38.0 Å². The molecular weight excluding hydrogens is 266 g/mol. The molecule has 1 aliphatic heterocycles. The van der Waals surface area contributed by atoms with Gasteiger partial charge in [0.25, 0.3) is 0 Å². The number of anilines is 1. The number of nitrogens with one attached hydrogen (secondary N) is 1. The van der Waals surface area contributed by atoms with Crippen LogP contribution in [0.5, 0.6) is 0 Å². The van der Waals surface area contributed by atoms with Crippen LogP contribution < -0.4 is 10.6 Å². The number of fused-ring (bicyclic) bond motifs is 1. The first-order valence-corrected chi connectivity index (χ1v) is 7.01. The average Bonchev–Trinajstić information content (AvgIpc) is 2.80. The Morgan fingerprint density at radius 3 is 3.16 bits per heavy atom. The number of hydrogen-bond donors (Lipinski definition) is 1. The van der Waals surface area contributed by atoms with Crippen molar-refractivity contribution in [2.75, 3.05) is 17.3 Å². The predicted molar refractivity (Wildman–Crippen MR) is 74.0 cm³/mol. The summed E-state index contributed by atoms with van der Waals surface area (Å²) >= 11 is 6.04. The molecule has 0 aromatic carbocycles. The Labute approximate surface area is 115 Å². The number of alkyl halides is 1. The standard InChI is InChI=1S/C12H16ClN5O/c1-8-14-10(6-11-15-16-12(19)18(8)11)17-5-3-2-4-9(17)7-13/h6,9H,2-5,7H2,1H3,(H,16,19). The summed E-state index contributed by atoms with van der Waals surface area (Å²) in [7, 11) is 0. The maximum Gasteiger partial charge on any atom is 0.349 e. The fourth-order valence-corrected chi connectivity index (χ4v) is 3.01. The molecule has 1 unspecified atom stereocenters. The number of aromatic amines is 1. The number of hydrogen-bond acceptors (Lipinski definition) is 4. The van der Waals surface area contributed by atoms with Crippen molar-refractivity contribution < 1.29 is 0 Å². The summed E-state index contributed by atoms with van der Waals surface area (Å²) in [6, 6.07) is 2.16. The van der Waals surface area contributed by atoms with E-state index in [1.54, 1.807) is 0 Å². The second-order valence-corrected chi connectivity index (χ2v) is 5.19. The number of rotatable bonds is 2. The third kappa shape index (κ3) is 2.10. The van der Waals surface area contributed by atoms with E-state index in [0.29, 0.717) is 23.4 Å². The van der Waals surface area contributed by atoms with Crippen LogP contribution in [-0.2, 0) is 0 Å². The molecule has 0 spiro atoms. The Morgan fingerprint density at radius 1 is 1.53 bits per heavy atom. The second-order valence-electron chi connectivity index (χ2n) is 4.88. The van der Waals surface area contributed by atoms with Crippen LogP contribution in [0.2, 0.25) is 0 Å². The molecule has 6 nitrogen and oxygen atoms in total. The Balaban J connectivity index is 2.07. The molecule has 0 radical (unpaired) electrons. The maximum absolute atomic E-state index is 11.6. The zero-order chi connectivity index (χ0) is 13.4. The summed E-state index contributed by atoms with van der Waals surface area (Å²) in [6.07, 6.45) is 3.44. The molecule has 1 atom stereocenters. The summed E-state index contributed by atoms with van der Waals surface area (Å²) in [5.41, 5.74) is 0.352. The Hall–Kier alpha value is -1.56. The third-order valence-electron chi connectivity index (χ3n) is 3.66. The van der Waals surface area contributed by atoms with Crippen molar-refractivity contribution in [2.45, 2.75) is 32.2 Å². The van der Waals surface area contributed by atoms with Gasteiger partial charge in [0.2, 0.25) is 0 Å². The third-order valence-corrected chi connectivity index (χ3v) is 4.01. The summed E-state index contributed by atoms with van der Waals surface area (Å²) < 4.78 is 1.48. The first-order valence-electron chi connectivity index (χ1n) is 6.48. The molecule has 0 bridgehead atoms. The van der Waals surface area contributed by atoms with E-state index >= 15 is 0 Å². The quantitative estimate of drug-likeness (QED) is 0.843. The molecular formula is C12H16ClN5O. The maximum atomic E-state index is 11.6. The molecule has 102 valence electrons. The molecule has 1 fully saturated rings. The molecule has 7 heteroatoms. The molecule has 0 aliphatic carbocycles. The smallest absolute Gasteiger partial charge is 0.349 e. The van der Waals surface area contributed by atoms with Gasteiger partial charge in [-0.3, -0.25) is 0 Å². The van der Waals surface area contributed by atoms with E-state index < -0.39 is 0 Å². The van der Waals surface area contributed by atoms with Gasteiger partial charge in [-0.25, -0.2) is 19.3 Å². The van der Waals surface area contributed by atoms with Crippen LogP contribution in [0.25, 0.3) is 5.65 Å². The monoisotopic (exact) mass is 281 g/mol. The van der Waals surface area contributed by atoms with Crippen molar-refractivity contribution in [3.63, 3.8) is 0 Å². The van der Waals surface area contributed by atoms with Gasteiger partial charge in [-0.15, -0.1) is 11.6 Å². The fourth-order valence-electron chi connectivity index (χ4n) is 2.69. The van der Waals surface area contributed by atoms with Gasteiger partial charge in [0, 0.05) is 24.5 Å². The predicted octanol–water partition coefficient (Wildman–Crippen LogP) is 1.32. The molecule has 1 saturated heterocycles. The van der Waals surface area contributed by atoms with Crippen molar-refractivity contribution in [3.8, 4) is 0 Å². The lowest BCUT2D eigenvalue weighted by atomic mass is 10.0. The number of halogens is 1. The summed E-state index contributed by atoms with van der Waals surface area (Å²) in [5.74, 6) is 2.10. The summed E-state index contributed by atoms with van der Waals surface area (Å²) in [6.45, 7) is 2.77. The van der Waals surface area contributed by atoms with Gasteiger partial charge >= 0.3 is 5.69 Å². The van der Waals surface area contributed by atoms with Crippen LogP contribution in [0, 0.1) is 6.92 Å². The van der Waals surface area contributed by atoms with Crippen molar-refractivity contribution in [2.24, 2.45) is 0 Å². The zero-order valence-electron chi connectivity index (χ0n) is 10.8. The lowest BCUT2D eigenvalue weighted by Crippen LogP contribution is -2.41.